The van der Waals surface area contributed by atoms with Gasteiger partial charge in [-0.25, -0.2) is 24.0 Å². The van der Waals surface area contributed by atoms with Gasteiger partial charge in [-0.15, -0.1) is 0 Å². The van der Waals surface area contributed by atoms with E-state index >= 15 is 0 Å². The summed E-state index contributed by atoms with van der Waals surface area (Å²) >= 11 is 0. The zero-order valence-corrected chi connectivity index (χ0v) is 17.9. The molecule has 11 nitrogen and oxygen atoms in total. The van der Waals surface area contributed by atoms with Gasteiger partial charge in [0.1, 0.15) is 12.4 Å². The summed E-state index contributed by atoms with van der Waals surface area (Å²) in [5.41, 5.74) is 3.34. The molecule has 0 atom stereocenters. The van der Waals surface area contributed by atoms with Crippen LogP contribution in [-0.2, 0) is 0 Å². The van der Waals surface area contributed by atoms with Crippen molar-refractivity contribution in [3.05, 3.63) is 58.5 Å². The van der Waals surface area contributed by atoms with Gasteiger partial charge < -0.3 is 15.2 Å². The Hall–Kier alpha value is -4.15. The predicted octanol–water partition coefficient (Wildman–Crippen LogP) is 2.35. The van der Waals surface area contributed by atoms with Crippen LogP contribution < -0.4 is 15.6 Å². The Morgan fingerprint density at radius 1 is 1.38 bits per heavy atom. The average Bonchev–Trinajstić information content (AvgIpc) is 3.38. The number of pyridine rings is 1. The van der Waals surface area contributed by atoms with Crippen LogP contribution >= 0.6 is 0 Å². The molecule has 166 valence electrons. The van der Waals surface area contributed by atoms with Crippen LogP contribution in [0.25, 0.3) is 22.6 Å². The zero-order valence-electron chi connectivity index (χ0n) is 17.9. The van der Waals surface area contributed by atoms with Gasteiger partial charge >= 0.3 is 6.09 Å². The number of rotatable bonds is 7. The van der Waals surface area contributed by atoms with Gasteiger partial charge in [-0.2, -0.15) is 5.10 Å². The first kappa shape index (κ1) is 21.1. The van der Waals surface area contributed by atoms with E-state index in [0.717, 1.165) is 11.1 Å². The van der Waals surface area contributed by atoms with Crippen molar-refractivity contribution in [2.45, 2.75) is 26.7 Å². The van der Waals surface area contributed by atoms with E-state index in [9.17, 15) is 9.59 Å². The van der Waals surface area contributed by atoms with Crippen LogP contribution in [-0.4, -0.2) is 53.7 Å². The quantitative estimate of drug-likeness (QED) is 0.377. The van der Waals surface area contributed by atoms with Gasteiger partial charge in [0.25, 0.3) is 5.56 Å². The highest BCUT2D eigenvalue weighted by Crippen LogP contribution is 2.25. The van der Waals surface area contributed by atoms with Crippen molar-refractivity contribution in [2.24, 2.45) is 0 Å². The Morgan fingerprint density at radius 3 is 2.94 bits per heavy atom. The van der Waals surface area contributed by atoms with Crippen LogP contribution in [0, 0.1) is 6.92 Å². The number of carboxylic acid groups (broad SMARTS) is 1. The topological polar surface area (TPSA) is 139 Å². The number of aromatic amines is 1. The van der Waals surface area contributed by atoms with Crippen LogP contribution in [0.5, 0.6) is 5.75 Å². The Labute approximate surface area is 182 Å². The standard InChI is InChI=1S/C21H23N7O4/c1-12(2)18-13(3)26-19-16(10-25-28(19)20(18)29)14-9-24-27(11-14)17-8-15(4-5-22-17)32-7-6-23-21(30)31/h4-5,8-12,23,25H,6-7H2,1-3H3,(H,30,31). The molecule has 0 aromatic carbocycles. The van der Waals surface area contributed by atoms with Gasteiger partial charge in [0.2, 0.25) is 0 Å². The fourth-order valence-electron chi connectivity index (χ4n) is 3.54. The molecule has 1 amide bonds. The fraction of sp³-hybridized carbons (Fsp3) is 0.286. The third-order valence-electron chi connectivity index (χ3n) is 4.96. The lowest BCUT2D eigenvalue weighted by molar-refractivity contribution is 0.191. The molecule has 32 heavy (non-hydrogen) atoms. The van der Waals surface area contributed by atoms with E-state index in [4.69, 9.17) is 9.84 Å². The Morgan fingerprint density at radius 2 is 2.19 bits per heavy atom. The lowest BCUT2D eigenvalue weighted by Gasteiger charge is -2.08. The molecule has 4 heterocycles. The number of hydrogen-bond acceptors (Lipinski definition) is 6. The molecule has 0 fully saturated rings. The molecule has 4 aromatic heterocycles. The van der Waals surface area contributed by atoms with Crippen molar-refractivity contribution in [1.82, 2.24) is 34.7 Å². The van der Waals surface area contributed by atoms with Gasteiger partial charge in [0.15, 0.2) is 11.5 Å². The van der Waals surface area contributed by atoms with Crippen LogP contribution in [0.3, 0.4) is 0 Å². The summed E-state index contributed by atoms with van der Waals surface area (Å²) < 4.78 is 8.60. The largest absolute Gasteiger partial charge is 0.492 e. The van der Waals surface area contributed by atoms with Crippen molar-refractivity contribution >= 4 is 11.7 Å². The number of nitrogens with one attached hydrogen (secondary N) is 2. The van der Waals surface area contributed by atoms with E-state index in [0.29, 0.717) is 28.5 Å². The molecule has 0 unspecified atom stereocenters. The molecule has 0 radical (unpaired) electrons. The number of fused-ring (bicyclic) bond motifs is 1. The molecule has 4 rings (SSSR count). The van der Waals surface area contributed by atoms with Gasteiger partial charge in [0.05, 0.1) is 12.7 Å². The highest BCUT2D eigenvalue weighted by molar-refractivity contribution is 5.76. The molecule has 0 aliphatic carbocycles. The van der Waals surface area contributed by atoms with Crippen LogP contribution in [0.15, 0.2) is 41.7 Å². The maximum atomic E-state index is 12.9. The molecule has 0 saturated carbocycles. The summed E-state index contributed by atoms with van der Waals surface area (Å²) in [7, 11) is 0. The molecule has 0 aliphatic heterocycles. The normalized spacial score (nSPS) is 11.2. The maximum Gasteiger partial charge on any atom is 0.404 e. The second-order valence-electron chi connectivity index (χ2n) is 7.52. The summed E-state index contributed by atoms with van der Waals surface area (Å²) in [5.74, 6) is 1.14. The van der Waals surface area contributed by atoms with Gasteiger partial charge in [0, 0.05) is 47.0 Å². The predicted molar refractivity (Wildman–Crippen MR) is 117 cm³/mol. The molecular weight excluding hydrogens is 414 g/mol. The minimum atomic E-state index is -1.10. The minimum Gasteiger partial charge on any atom is -0.492 e. The number of hydrogen-bond donors (Lipinski definition) is 3. The molecule has 0 spiro atoms. The van der Waals surface area contributed by atoms with Crippen molar-refractivity contribution in [1.29, 1.82) is 0 Å². The highest BCUT2D eigenvalue weighted by atomic mass is 16.5. The molecule has 4 aromatic rings. The van der Waals surface area contributed by atoms with E-state index < -0.39 is 6.09 Å². The second kappa shape index (κ2) is 8.53. The van der Waals surface area contributed by atoms with E-state index in [1.807, 2.05) is 20.8 Å². The number of aromatic nitrogens is 6. The Bertz CT molecular complexity index is 1340. The van der Waals surface area contributed by atoms with E-state index in [-0.39, 0.29) is 24.6 Å². The summed E-state index contributed by atoms with van der Waals surface area (Å²) in [6, 6.07) is 3.38. The molecule has 0 bridgehead atoms. The van der Waals surface area contributed by atoms with E-state index in [2.05, 4.69) is 25.5 Å². The van der Waals surface area contributed by atoms with Crippen molar-refractivity contribution in [3.8, 4) is 22.7 Å². The summed E-state index contributed by atoms with van der Waals surface area (Å²) in [6.07, 6.45) is 5.68. The zero-order chi connectivity index (χ0) is 22.8. The van der Waals surface area contributed by atoms with E-state index in [1.165, 1.54) is 4.52 Å². The van der Waals surface area contributed by atoms with Crippen molar-refractivity contribution in [2.75, 3.05) is 13.2 Å². The summed E-state index contributed by atoms with van der Waals surface area (Å²) in [6.45, 7) is 6.15. The lowest BCUT2D eigenvalue weighted by atomic mass is 10.0. The maximum absolute atomic E-state index is 12.9. The fourth-order valence-corrected chi connectivity index (χ4v) is 3.54. The number of aryl methyl sites for hydroxylation is 1. The van der Waals surface area contributed by atoms with Crippen molar-refractivity contribution < 1.29 is 14.6 Å². The molecule has 0 aliphatic rings. The number of H-pyrrole nitrogens is 1. The van der Waals surface area contributed by atoms with Crippen LogP contribution in [0.2, 0.25) is 0 Å². The smallest absolute Gasteiger partial charge is 0.404 e. The van der Waals surface area contributed by atoms with Gasteiger partial charge in [-0.05, 0) is 18.9 Å². The lowest BCUT2D eigenvalue weighted by Crippen LogP contribution is -2.26. The molecule has 3 N–H and O–H groups in total. The number of ether oxygens (including phenoxy) is 1. The summed E-state index contributed by atoms with van der Waals surface area (Å²) in [5, 5.41) is 18.2. The number of nitrogens with zero attached hydrogens (tertiary/aromatic N) is 5. The van der Waals surface area contributed by atoms with Crippen LogP contribution in [0.4, 0.5) is 4.79 Å². The SMILES string of the molecule is Cc1nc2c(-c3cnn(-c4cc(OCCNC(=O)O)ccn4)c3)c[nH]n2c(=O)c1C(C)C. The molecule has 0 saturated heterocycles. The first-order chi connectivity index (χ1) is 15.3. The third-order valence-corrected chi connectivity index (χ3v) is 4.96. The summed E-state index contributed by atoms with van der Waals surface area (Å²) in [4.78, 5) is 32.3. The first-order valence-electron chi connectivity index (χ1n) is 10.1. The third kappa shape index (κ3) is 4.04. The monoisotopic (exact) mass is 437 g/mol. The highest BCUT2D eigenvalue weighted by Gasteiger charge is 2.18. The molecular formula is C21H23N7O4. The van der Waals surface area contributed by atoms with Crippen LogP contribution in [0.1, 0.15) is 31.0 Å². The Kier molecular flexibility index (Phi) is 5.63. The molecule has 11 heteroatoms. The number of carbonyl (C=O) groups is 1. The van der Waals surface area contributed by atoms with Crippen molar-refractivity contribution in [3.63, 3.8) is 0 Å². The second-order valence-corrected chi connectivity index (χ2v) is 7.52. The van der Waals surface area contributed by atoms with Gasteiger partial charge in [-0.1, -0.05) is 13.8 Å². The first-order valence-corrected chi connectivity index (χ1v) is 10.1. The van der Waals surface area contributed by atoms with E-state index in [1.54, 1.807) is 41.6 Å². The number of amides is 1. The minimum absolute atomic E-state index is 0.0712. The Balaban J connectivity index is 1.61. The average molecular weight is 437 g/mol. The van der Waals surface area contributed by atoms with Gasteiger partial charge in [-0.3, -0.25) is 9.89 Å².